The van der Waals surface area contributed by atoms with Crippen LogP contribution in [0.15, 0.2) is 0 Å². The smallest absolute Gasteiger partial charge is 0.0466 e. The molecular weight excluding hydrogens is 268 g/mol. The maximum absolute atomic E-state index is 5.71. The van der Waals surface area contributed by atoms with Crippen LogP contribution in [0, 0.1) is 0 Å². The van der Waals surface area contributed by atoms with Crippen LogP contribution in [0.3, 0.4) is 0 Å². The van der Waals surface area contributed by atoms with E-state index in [4.69, 9.17) is 4.74 Å². The highest BCUT2D eigenvalue weighted by atomic mass is 16.5. The zero-order valence-corrected chi connectivity index (χ0v) is 15.8. The molecule has 0 aromatic carbocycles. The zero-order chi connectivity index (χ0) is 16.1. The van der Waals surface area contributed by atoms with Gasteiger partial charge in [0.25, 0.3) is 0 Å². The van der Waals surface area contributed by atoms with E-state index >= 15 is 0 Å². The summed E-state index contributed by atoms with van der Waals surface area (Å²) in [5, 5.41) is 0. The van der Waals surface area contributed by atoms with Crippen molar-refractivity contribution < 1.29 is 4.74 Å². The molecule has 0 aromatic heterocycles. The van der Waals surface area contributed by atoms with Crippen molar-refractivity contribution in [3.63, 3.8) is 0 Å². The molecule has 0 heterocycles. The molecule has 0 saturated heterocycles. The fourth-order valence-electron chi connectivity index (χ4n) is 2.95. The SMILES string of the molecule is CCCCCCCCCCCCCCOCCCCCCC. The van der Waals surface area contributed by atoms with Crippen LogP contribution in [-0.2, 0) is 4.74 Å². The first-order chi connectivity index (χ1) is 10.9. The summed E-state index contributed by atoms with van der Waals surface area (Å²) >= 11 is 0. The van der Waals surface area contributed by atoms with Crippen molar-refractivity contribution in [1.29, 1.82) is 0 Å². The Kier molecular flexibility index (Phi) is 20.9. The average Bonchev–Trinajstić information content (AvgIpc) is 2.54. The molecule has 0 unspecified atom stereocenters. The standard InChI is InChI=1S/C21H44O/c1-3-5-7-9-10-11-12-13-14-15-17-19-21-22-20-18-16-8-6-4-2/h3-21H2,1-2H3. The highest BCUT2D eigenvalue weighted by molar-refractivity contribution is 4.48. The number of ether oxygens (including phenoxy) is 1. The molecule has 0 bridgehead atoms. The molecule has 0 aliphatic carbocycles. The highest BCUT2D eigenvalue weighted by Gasteiger charge is 1.94. The summed E-state index contributed by atoms with van der Waals surface area (Å²) in [6.45, 7) is 6.54. The summed E-state index contributed by atoms with van der Waals surface area (Å²) in [7, 11) is 0. The van der Waals surface area contributed by atoms with Crippen LogP contribution in [0.25, 0.3) is 0 Å². The van der Waals surface area contributed by atoms with E-state index in [0.717, 1.165) is 13.2 Å². The van der Waals surface area contributed by atoms with Crippen LogP contribution < -0.4 is 0 Å². The fraction of sp³-hybridized carbons (Fsp3) is 1.00. The zero-order valence-electron chi connectivity index (χ0n) is 15.8. The van der Waals surface area contributed by atoms with Gasteiger partial charge in [-0.15, -0.1) is 0 Å². The monoisotopic (exact) mass is 312 g/mol. The molecule has 134 valence electrons. The van der Waals surface area contributed by atoms with Gasteiger partial charge in [0.2, 0.25) is 0 Å². The summed E-state index contributed by atoms with van der Waals surface area (Å²) in [6.07, 6.45) is 23.8. The highest BCUT2D eigenvalue weighted by Crippen LogP contribution is 2.12. The van der Waals surface area contributed by atoms with E-state index in [1.54, 1.807) is 0 Å². The molecule has 0 aliphatic rings. The fourth-order valence-corrected chi connectivity index (χ4v) is 2.95. The molecule has 0 spiro atoms. The van der Waals surface area contributed by atoms with Crippen molar-refractivity contribution in [1.82, 2.24) is 0 Å². The summed E-state index contributed by atoms with van der Waals surface area (Å²) < 4.78 is 5.71. The molecule has 22 heavy (non-hydrogen) atoms. The molecular formula is C21H44O. The summed E-state index contributed by atoms with van der Waals surface area (Å²) in [5.74, 6) is 0. The van der Waals surface area contributed by atoms with E-state index in [0.29, 0.717) is 0 Å². The number of hydrogen-bond acceptors (Lipinski definition) is 1. The van der Waals surface area contributed by atoms with Crippen molar-refractivity contribution in [3.05, 3.63) is 0 Å². The van der Waals surface area contributed by atoms with Crippen LogP contribution in [0.4, 0.5) is 0 Å². The second kappa shape index (κ2) is 21.0. The molecule has 0 aliphatic heterocycles. The Morgan fingerprint density at radius 2 is 0.636 bits per heavy atom. The normalized spacial score (nSPS) is 11.2. The van der Waals surface area contributed by atoms with Crippen LogP contribution >= 0.6 is 0 Å². The predicted octanol–water partition coefficient (Wildman–Crippen LogP) is 7.67. The van der Waals surface area contributed by atoms with Gasteiger partial charge in [-0.1, -0.05) is 110 Å². The van der Waals surface area contributed by atoms with E-state index in [2.05, 4.69) is 13.8 Å². The molecule has 0 fully saturated rings. The first-order valence-electron chi connectivity index (χ1n) is 10.5. The third kappa shape index (κ3) is 20.0. The van der Waals surface area contributed by atoms with E-state index in [1.807, 2.05) is 0 Å². The lowest BCUT2D eigenvalue weighted by molar-refractivity contribution is 0.125. The van der Waals surface area contributed by atoms with Crippen molar-refractivity contribution in [2.75, 3.05) is 13.2 Å². The molecule has 1 heteroatoms. The Morgan fingerprint density at radius 1 is 0.364 bits per heavy atom. The van der Waals surface area contributed by atoms with Crippen LogP contribution in [0.5, 0.6) is 0 Å². The minimum Gasteiger partial charge on any atom is -0.381 e. The van der Waals surface area contributed by atoms with Crippen molar-refractivity contribution in [2.45, 2.75) is 123 Å². The van der Waals surface area contributed by atoms with Crippen molar-refractivity contribution in [3.8, 4) is 0 Å². The van der Waals surface area contributed by atoms with Gasteiger partial charge in [-0.3, -0.25) is 0 Å². The lowest BCUT2D eigenvalue weighted by Gasteiger charge is -2.05. The van der Waals surface area contributed by atoms with Gasteiger partial charge in [0.05, 0.1) is 0 Å². The van der Waals surface area contributed by atoms with Crippen LogP contribution in [0.1, 0.15) is 123 Å². The van der Waals surface area contributed by atoms with E-state index < -0.39 is 0 Å². The van der Waals surface area contributed by atoms with Crippen LogP contribution in [-0.4, -0.2) is 13.2 Å². The Bertz CT molecular complexity index is 159. The predicted molar refractivity (Wildman–Crippen MR) is 101 cm³/mol. The molecule has 0 amide bonds. The Morgan fingerprint density at radius 3 is 0.955 bits per heavy atom. The van der Waals surface area contributed by atoms with Gasteiger partial charge in [-0.2, -0.15) is 0 Å². The second-order valence-electron chi connectivity index (χ2n) is 6.92. The first kappa shape index (κ1) is 22.0. The van der Waals surface area contributed by atoms with Crippen LogP contribution in [0.2, 0.25) is 0 Å². The molecule has 0 saturated carbocycles. The van der Waals surface area contributed by atoms with Gasteiger partial charge >= 0.3 is 0 Å². The minimum atomic E-state index is 0.988. The summed E-state index contributed by atoms with van der Waals surface area (Å²) in [5.41, 5.74) is 0. The maximum Gasteiger partial charge on any atom is 0.0466 e. The van der Waals surface area contributed by atoms with Gasteiger partial charge < -0.3 is 4.74 Å². The summed E-state index contributed by atoms with van der Waals surface area (Å²) in [6, 6.07) is 0. The number of unbranched alkanes of at least 4 members (excludes halogenated alkanes) is 15. The molecule has 0 N–H and O–H groups in total. The van der Waals surface area contributed by atoms with E-state index in [1.165, 1.54) is 109 Å². The minimum absolute atomic E-state index is 0.988. The van der Waals surface area contributed by atoms with Gasteiger partial charge in [0.1, 0.15) is 0 Å². The quantitative estimate of drug-likeness (QED) is 0.222. The number of hydrogen-bond donors (Lipinski definition) is 0. The first-order valence-corrected chi connectivity index (χ1v) is 10.5. The van der Waals surface area contributed by atoms with Crippen molar-refractivity contribution >= 4 is 0 Å². The molecule has 1 nitrogen and oxygen atoms in total. The van der Waals surface area contributed by atoms with Gasteiger partial charge in [0.15, 0.2) is 0 Å². The topological polar surface area (TPSA) is 9.23 Å². The Hall–Kier alpha value is -0.0400. The second-order valence-corrected chi connectivity index (χ2v) is 6.92. The molecule has 0 aromatic rings. The molecule has 0 atom stereocenters. The average molecular weight is 313 g/mol. The third-order valence-corrected chi connectivity index (χ3v) is 4.53. The molecule has 0 rings (SSSR count). The van der Waals surface area contributed by atoms with Crippen molar-refractivity contribution in [2.24, 2.45) is 0 Å². The third-order valence-electron chi connectivity index (χ3n) is 4.53. The Labute approximate surface area is 141 Å². The van der Waals surface area contributed by atoms with E-state index in [9.17, 15) is 0 Å². The number of rotatable bonds is 19. The summed E-state index contributed by atoms with van der Waals surface area (Å²) in [4.78, 5) is 0. The Balaban J connectivity index is 2.91. The lowest BCUT2D eigenvalue weighted by Crippen LogP contribution is -1.97. The van der Waals surface area contributed by atoms with E-state index in [-0.39, 0.29) is 0 Å². The lowest BCUT2D eigenvalue weighted by atomic mass is 10.1. The molecule has 0 radical (unpaired) electrons. The largest absolute Gasteiger partial charge is 0.381 e. The van der Waals surface area contributed by atoms with Gasteiger partial charge in [-0.25, -0.2) is 0 Å². The maximum atomic E-state index is 5.71. The van der Waals surface area contributed by atoms with Gasteiger partial charge in [0, 0.05) is 13.2 Å². The van der Waals surface area contributed by atoms with Gasteiger partial charge in [-0.05, 0) is 12.8 Å².